The van der Waals surface area contributed by atoms with Crippen LogP contribution in [0.25, 0.3) is 11.0 Å². The van der Waals surface area contributed by atoms with E-state index in [1.54, 1.807) is 0 Å². The van der Waals surface area contributed by atoms with E-state index in [0.29, 0.717) is 6.61 Å². The molecule has 3 aromatic rings. The molecule has 1 fully saturated rings. The van der Waals surface area contributed by atoms with Crippen molar-refractivity contribution in [3.63, 3.8) is 0 Å². The summed E-state index contributed by atoms with van der Waals surface area (Å²) in [5.41, 5.74) is 4.56. The number of imidazole rings is 1. The van der Waals surface area contributed by atoms with Crippen LogP contribution in [0, 0.1) is 19.8 Å². The van der Waals surface area contributed by atoms with Crippen LogP contribution < -0.4 is 10.1 Å². The number of amides is 1. The second kappa shape index (κ2) is 10.9. The van der Waals surface area contributed by atoms with Gasteiger partial charge in [0.1, 0.15) is 11.6 Å². The van der Waals surface area contributed by atoms with E-state index in [1.165, 1.54) is 17.5 Å². The van der Waals surface area contributed by atoms with Crippen molar-refractivity contribution >= 4 is 16.9 Å². The number of aromatic nitrogens is 2. The molecule has 1 heterocycles. The van der Waals surface area contributed by atoms with Crippen LogP contribution >= 0.6 is 0 Å². The Morgan fingerprint density at radius 3 is 2.58 bits per heavy atom. The Morgan fingerprint density at radius 2 is 1.82 bits per heavy atom. The minimum atomic E-state index is -0.113. The summed E-state index contributed by atoms with van der Waals surface area (Å²) in [6.07, 6.45) is 7.54. The summed E-state index contributed by atoms with van der Waals surface area (Å²) in [6, 6.07) is 14.5. The van der Waals surface area contributed by atoms with Crippen molar-refractivity contribution in [2.75, 3.05) is 6.61 Å². The van der Waals surface area contributed by atoms with Crippen molar-refractivity contribution in [3.05, 3.63) is 59.4 Å². The molecule has 1 aliphatic carbocycles. The van der Waals surface area contributed by atoms with Gasteiger partial charge in [-0.15, -0.1) is 0 Å². The number of benzene rings is 2. The smallest absolute Gasteiger partial charge is 0.223 e. The summed E-state index contributed by atoms with van der Waals surface area (Å²) in [4.78, 5) is 17.7. The number of ether oxygens (including phenoxy) is 1. The molecule has 33 heavy (non-hydrogen) atoms. The molecule has 0 bridgehead atoms. The second-order valence-corrected chi connectivity index (χ2v) is 9.55. The lowest BCUT2D eigenvalue weighted by atomic mass is 9.88. The van der Waals surface area contributed by atoms with Crippen molar-refractivity contribution < 1.29 is 9.53 Å². The number of nitrogens with one attached hydrogen (secondary N) is 1. The predicted octanol–water partition coefficient (Wildman–Crippen LogP) is 6.27. The maximum Gasteiger partial charge on any atom is 0.223 e. The summed E-state index contributed by atoms with van der Waals surface area (Å²) in [7, 11) is 0. The van der Waals surface area contributed by atoms with Gasteiger partial charge in [-0.05, 0) is 81.8 Å². The molecule has 1 aromatic heterocycles. The molecule has 1 unspecified atom stereocenters. The summed E-state index contributed by atoms with van der Waals surface area (Å²) in [5.74, 6) is 2.22. The highest BCUT2D eigenvalue weighted by atomic mass is 16.5. The normalized spacial score (nSPS) is 15.5. The van der Waals surface area contributed by atoms with E-state index in [4.69, 9.17) is 9.72 Å². The SMILES string of the molecule is Cc1cc(C)cc(OCCCCn2c(C(C)NC(=O)C3CCCCC3)nc3ccccc32)c1. The molecular weight excluding hydrogens is 410 g/mol. The van der Waals surface area contributed by atoms with E-state index < -0.39 is 0 Å². The standard InChI is InChI=1S/C28H37N3O2/c1-20-17-21(2)19-24(18-20)33-16-10-9-15-31-26-14-8-7-13-25(26)30-27(31)22(3)29-28(32)23-11-5-4-6-12-23/h7-8,13-14,17-19,22-23H,4-6,9-12,15-16H2,1-3H3,(H,29,32). The average Bonchev–Trinajstić information content (AvgIpc) is 3.17. The molecule has 0 spiro atoms. The van der Waals surface area contributed by atoms with Crippen molar-refractivity contribution in [3.8, 4) is 5.75 Å². The number of nitrogens with zero attached hydrogens (tertiary/aromatic N) is 2. The average molecular weight is 448 g/mol. The van der Waals surface area contributed by atoms with E-state index in [1.807, 2.05) is 12.1 Å². The Labute approximate surface area is 197 Å². The van der Waals surface area contributed by atoms with E-state index in [0.717, 1.165) is 67.7 Å². The topological polar surface area (TPSA) is 56.1 Å². The van der Waals surface area contributed by atoms with Crippen molar-refractivity contribution in [1.29, 1.82) is 0 Å². The third kappa shape index (κ3) is 5.95. The van der Waals surface area contributed by atoms with Crippen LogP contribution in [0.1, 0.15) is 74.9 Å². The first-order valence-electron chi connectivity index (χ1n) is 12.5. The molecule has 5 heteroatoms. The zero-order chi connectivity index (χ0) is 23.2. The minimum absolute atomic E-state index is 0.113. The van der Waals surface area contributed by atoms with Gasteiger partial charge in [-0.1, -0.05) is 37.5 Å². The number of rotatable bonds is 9. The van der Waals surface area contributed by atoms with E-state index >= 15 is 0 Å². The largest absolute Gasteiger partial charge is 0.494 e. The van der Waals surface area contributed by atoms with Gasteiger partial charge in [-0.3, -0.25) is 4.79 Å². The molecule has 0 saturated heterocycles. The first kappa shape index (κ1) is 23.3. The second-order valence-electron chi connectivity index (χ2n) is 9.55. The molecular formula is C28H37N3O2. The zero-order valence-electron chi connectivity index (χ0n) is 20.3. The number of fused-ring (bicyclic) bond motifs is 1. The molecule has 4 rings (SSSR count). The Kier molecular flexibility index (Phi) is 7.69. The first-order chi connectivity index (χ1) is 16.0. The summed E-state index contributed by atoms with van der Waals surface area (Å²) < 4.78 is 8.27. The fourth-order valence-corrected chi connectivity index (χ4v) is 5.00. The summed E-state index contributed by atoms with van der Waals surface area (Å²) >= 11 is 0. The molecule has 1 atom stereocenters. The molecule has 5 nitrogen and oxygen atoms in total. The zero-order valence-corrected chi connectivity index (χ0v) is 20.3. The number of unbranched alkanes of at least 4 members (excludes halogenated alkanes) is 1. The summed E-state index contributed by atoms with van der Waals surface area (Å²) in [5, 5.41) is 3.25. The number of para-hydroxylation sites is 2. The number of carbonyl (C=O) groups excluding carboxylic acids is 1. The molecule has 1 N–H and O–H groups in total. The number of hydrogen-bond donors (Lipinski definition) is 1. The Morgan fingerprint density at radius 1 is 1.09 bits per heavy atom. The monoisotopic (exact) mass is 447 g/mol. The van der Waals surface area contributed by atoms with Crippen LogP contribution in [0.2, 0.25) is 0 Å². The third-order valence-electron chi connectivity index (χ3n) is 6.65. The van der Waals surface area contributed by atoms with Crippen LogP contribution in [0.5, 0.6) is 5.75 Å². The van der Waals surface area contributed by atoms with Gasteiger partial charge >= 0.3 is 0 Å². The lowest BCUT2D eigenvalue weighted by Gasteiger charge is -2.23. The van der Waals surface area contributed by atoms with Gasteiger partial charge < -0.3 is 14.6 Å². The van der Waals surface area contributed by atoms with E-state index in [2.05, 4.69) is 61.0 Å². The number of aryl methyl sites for hydroxylation is 3. The van der Waals surface area contributed by atoms with E-state index in [9.17, 15) is 4.79 Å². The predicted molar refractivity (Wildman–Crippen MR) is 134 cm³/mol. The van der Waals surface area contributed by atoms with Gasteiger partial charge in [-0.2, -0.15) is 0 Å². The molecule has 1 amide bonds. The lowest BCUT2D eigenvalue weighted by molar-refractivity contribution is -0.126. The van der Waals surface area contributed by atoms with Gasteiger partial charge in [-0.25, -0.2) is 4.98 Å². The third-order valence-corrected chi connectivity index (χ3v) is 6.65. The number of hydrogen-bond acceptors (Lipinski definition) is 3. The van der Waals surface area contributed by atoms with Crippen molar-refractivity contribution in [1.82, 2.24) is 14.9 Å². The lowest BCUT2D eigenvalue weighted by Crippen LogP contribution is -2.35. The fraction of sp³-hybridized carbons (Fsp3) is 0.500. The highest BCUT2D eigenvalue weighted by molar-refractivity contribution is 5.80. The van der Waals surface area contributed by atoms with Gasteiger partial charge in [0, 0.05) is 12.5 Å². The van der Waals surface area contributed by atoms with Gasteiger partial charge in [0.15, 0.2) is 0 Å². The molecule has 2 aromatic carbocycles. The Hall–Kier alpha value is -2.82. The highest BCUT2D eigenvalue weighted by Gasteiger charge is 2.24. The minimum Gasteiger partial charge on any atom is -0.494 e. The Balaban J connectivity index is 1.38. The maximum absolute atomic E-state index is 12.8. The summed E-state index contributed by atoms with van der Waals surface area (Å²) in [6.45, 7) is 7.80. The quantitative estimate of drug-likeness (QED) is 0.393. The van der Waals surface area contributed by atoms with Crippen molar-refractivity contribution in [2.45, 2.75) is 78.3 Å². The maximum atomic E-state index is 12.8. The van der Waals surface area contributed by atoms with Gasteiger partial charge in [0.25, 0.3) is 0 Å². The van der Waals surface area contributed by atoms with Gasteiger partial charge in [0.2, 0.25) is 5.91 Å². The molecule has 1 aliphatic rings. The van der Waals surface area contributed by atoms with Crippen LogP contribution in [-0.2, 0) is 11.3 Å². The van der Waals surface area contributed by atoms with Crippen LogP contribution in [-0.4, -0.2) is 22.1 Å². The Bertz CT molecular complexity index is 1060. The number of carbonyl (C=O) groups is 1. The van der Waals surface area contributed by atoms with Crippen molar-refractivity contribution in [2.24, 2.45) is 5.92 Å². The van der Waals surface area contributed by atoms with Crippen LogP contribution in [0.15, 0.2) is 42.5 Å². The highest BCUT2D eigenvalue weighted by Crippen LogP contribution is 2.26. The van der Waals surface area contributed by atoms with Gasteiger partial charge in [0.05, 0.1) is 23.7 Å². The molecule has 1 saturated carbocycles. The molecule has 0 aliphatic heterocycles. The van der Waals surface area contributed by atoms with Crippen LogP contribution in [0.4, 0.5) is 0 Å². The van der Waals surface area contributed by atoms with E-state index in [-0.39, 0.29) is 17.9 Å². The fourth-order valence-electron chi connectivity index (χ4n) is 5.00. The first-order valence-corrected chi connectivity index (χ1v) is 12.5. The van der Waals surface area contributed by atoms with Crippen LogP contribution in [0.3, 0.4) is 0 Å². The molecule has 0 radical (unpaired) electrons. The molecule has 176 valence electrons.